The average molecular weight is 511 g/mol. The minimum atomic E-state index is -1.27. The van der Waals surface area contributed by atoms with Gasteiger partial charge in [-0.1, -0.05) is 0 Å². The fourth-order valence-corrected chi connectivity index (χ4v) is 16.7. The van der Waals surface area contributed by atoms with Crippen LogP contribution in [0.2, 0.25) is 0 Å². The topological polar surface area (TPSA) is 6.25 Å². The minimum absolute atomic E-state index is 0. The summed E-state index contributed by atoms with van der Waals surface area (Å²) in [6, 6.07) is 11.3. The molecule has 0 unspecified atom stereocenters. The summed E-state index contributed by atoms with van der Waals surface area (Å²) in [6.07, 6.45) is 5.60. The number of hydrogen-bond acceptors (Lipinski definition) is 0. The summed E-state index contributed by atoms with van der Waals surface area (Å²) in [7, 11) is 0. The Labute approximate surface area is 165 Å². The zero-order valence-corrected chi connectivity index (χ0v) is 19.4. The molecule has 2 fully saturated rings. The van der Waals surface area contributed by atoms with E-state index in [2.05, 4.69) is 60.1 Å². The van der Waals surface area contributed by atoms with E-state index in [1.165, 1.54) is 51.9 Å². The first-order chi connectivity index (χ1) is 10.5. The molecule has 2 aliphatic heterocycles. The van der Waals surface area contributed by atoms with Crippen molar-refractivity contribution in [3.8, 4) is 0 Å². The van der Waals surface area contributed by atoms with Crippen LogP contribution in [0.4, 0.5) is 0 Å². The molecule has 0 N–H and O–H groups in total. The van der Waals surface area contributed by atoms with Gasteiger partial charge in [0.2, 0.25) is 0 Å². The molecule has 2 heterocycles. The molecule has 1 aromatic rings. The van der Waals surface area contributed by atoms with Crippen molar-refractivity contribution < 1.29 is 28.3 Å². The van der Waals surface area contributed by atoms with Crippen molar-refractivity contribution in [3.63, 3.8) is 0 Å². The first-order valence-corrected chi connectivity index (χ1v) is 13.5. The zero-order valence-electron chi connectivity index (χ0n) is 14.7. The molecule has 1 atom stereocenters. The fraction of sp³-hybridized carbons (Fsp3) is 0.667. The first-order valence-electron chi connectivity index (χ1n) is 8.69. The van der Waals surface area contributed by atoms with Crippen LogP contribution in [0.5, 0.6) is 0 Å². The molecule has 0 aromatic heterocycles. The normalized spacial score (nSPS) is 22.0. The van der Waals surface area contributed by atoms with Gasteiger partial charge in [-0.05, 0) is 0 Å². The summed E-state index contributed by atoms with van der Waals surface area (Å²) < 4.78 is 7.49. The maximum absolute atomic E-state index is 2.95. The summed E-state index contributed by atoms with van der Waals surface area (Å²) >= 11 is 0.557. The second kappa shape index (κ2) is 8.36. The molecule has 2 nitrogen and oxygen atoms in total. The van der Waals surface area contributed by atoms with Crippen LogP contribution < -0.4 is 28.4 Å². The Morgan fingerprint density at radius 2 is 1.52 bits per heavy atom. The second-order valence-electron chi connectivity index (χ2n) is 7.44. The molecular weight excluding hydrogens is 481 g/mol. The van der Waals surface area contributed by atoms with E-state index in [0.717, 1.165) is 0 Å². The van der Waals surface area contributed by atoms with Crippen molar-refractivity contribution in [2.45, 2.75) is 51.6 Å². The second-order valence-corrected chi connectivity index (χ2v) is 16.5. The van der Waals surface area contributed by atoms with Crippen LogP contribution in [0.3, 0.4) is 0 Å². The van der Waals surface area contributed by atoms with Gasteiger partial charge in [0.25, 0.3) is 0 Å². The smallest absolute Gasteiger partial charge is 1.00 e. The van der Waals surface area contributed by atoms with E-state index >= 15 is 0 Å². The zero-order chi connectivity index (χ0) is 15.6. The van der Waals surface area contributed by atoms with E-state index < -0.39 is 5.89 Å². The van der Waals surface area contributed by atoms with E-state index in [1.807, 2.05) is 0 Å². The van der Waals surface area contributed by atoms with Gasteiger partial charge < -0.3 is 24.0 Å². The van der Waals surface area contributed by atoms with Crippen LogP contribution >= 0.6 is 5.89 Å². The minimum Gasteiger partial charge on any atom is -1.00 e. The fourth-order valence-electron chi connectivity index (χ4n) is 3.85. The molecule has 0 saturated carbocycles. The third-order valence-electron chi connectivity index (χ3n) is 4.78. The average Bonchev–Trinajstić information content (AvgIpc) is 3.18. The summed E-state index contributed by atoms with van der Waals surface area (Å²) in [5.41, 5.74) is 0. The largest absolute Gasteiger partial charge is 1.00 e. The Morgan fingerprint density at radius 1 is 0.957 bits per heavy atom. The Balaban J connectivity index is 0.00000192. The SMILES string of the molecule is CC(C)(C)[P@@]([Se]c1ccccc1)(N1CCCC1)=[N+]1CCCC1.[I-]. The maximum Gasteiger partial charge on any atom is -1.00 e. The van der Waals surface area contributed by atoms with Crippen LogP contribution in [0, 0.1) is 0 Å². The molecule has 0 aliphatic carbocycles. The standard InChI is InChI=1S/C18H30N2PSe.HI/c1-18(2,3)21(19-13-7-8-14-19,20-15-9-10-16-20)22-17-11-5-4-6-12-17;/h4-6,11-12H,7-10,13-16H2,1-3H3;1H/q+1;/p-1. The molecule has 3 rings (SSSR count). The van der Waals surface area contributed by atoms with Gasteiger partial charge in [-0.15, -0.1) is 0 Å². The van der Waals surface area contributed by atoms with Gasteiger partial charge in [0.1, 0.15) is 0 Å². The Morgan fingerprint density at radius 3 is 2.04 bits per heavy atom. The molecule has 2 saturated heterocycles. The van der Waals surface area contributed by atoms with Gasteiger partial charge >= 0.3 is 142 Å². The van der Waals surface area contributed by atoms with Crippen molar-refractivity contribution in [1.29, 1.82) is 0 Å². The third kappa shape index (κ3) is 4.08. The quantitative estimate of drug-likeness (QED) is 0.330. The molecule has 2 aliphatic rings. The van der Waals surface area contributed by atoms with Crippen molar-refractivity contribution in [2.24, 2.45) is 0 Å². The Bertz CT molecular complexity index is 554. The van der Waals surface area contributed by atoms with Crippen LogP contribution in [0.15, 0.2) is 30.3 Å². The molecule has 0 spiro atoms. The third-order valence-corrected chi connectivity index (χ3v) is 19.2. The monoisotopic (exact) mass is 512 g/mol. The van der Waals surface area contributed by atoms with Gasteiger partial charge in [-0.2, -0.15) is 0 Å². The van der Waals surface area contributed by atoms with Crippen LogP contribution in [0.1, 0.15) is 46.5 Å². The van der Waals surface area contributed by atoms with Crippen LogP contribution in [-0.4, -0.2) is 54.8 Å². The molecule has 130 valence electrons. The summed E-state index contributed by atoms with van der Waals surface area (Å²) in [4.78, 5) is 0. The van der Waals surface area contributed by atoms with Crippen LogP contribution in [-0.2, 0) is 0 Å². The van der Waals surface area contributed by atoms with Gasteiger partial charge in [0.15, 0.2) is 0 Å². The number of hydrogen-bond donors (Lipinski definition) is 0. The number of halogens is 1. The molecule has 23 heavy (non-hydrogen) atoms. The summed E-state index contributed by atoms with van der Waals surface area (Å²) in [5, 5.41) is 0.386. The predicted molar refractivity (Wildman–Crippen MR) is 98.5 cm³/mol. The van der Waals surface area contributed by atoms with Crippen molar-refractivity contribution >= 4 is 24.9 Å². The van der Waals surface area contributed by atoms with E-state index in [4.69, 9.17) is 0 Å². The van der Waals surface area contributed by atoms with Crippen molar-refractivity contribution in [2.75, 3.05) is 26.2 Å². The van der Waals surface area contributed by atoms with Gasteiger partial charge in [-0.3, -0.25) is 0 Å². The summed E-state index contributed by atoms with van der Waals surface area (Å²) in [6.45, 7) is 12.9. The van der Waals surface area contributed by atoms with E-state index in [0.29, 0.717) is 19.7 Å². The number of benzene rings is 1. The Kier molecular flexibility index (Phi) is 7.26. The van der Waals surface area contributed by atoms with Gasteiger partial charge in [0, 0.05) is 0 Å². The molecule has 5 heteroatoms. The molecule has 0 bridgehead atoms. The molecule has 0 amide bonds. The summed E-state index contributed by atoms with van der Waals surface area (Å²) in [5.74, 6) is -1.27. The van der Waals surface area contributed by atoms with Gasteiger partial charge in [-0.25, -0.2) is 0 Å². The van der Waals surface area contributed by atoms with Crippen molar-refractivity contribution in [3.05, 3.63) is 30.3 Å². The van der Waals surface area contributed by atoms with E-state index in [9.17, 15) is 0 Å². The molecule has 1 aromatic carbocycles. The van der Waals surface area contributed by atoms with Gasteiger partial charge in [0.05, 0.1) is 0 Å². The first kappa shape index (κ1) is 20.0. The van der Waals surface area contributed by atoms with Crippen molar-refractivity contribution in [1.82, 2.24) is 4.67 Å². The maximum atomic E-state index is 2.95. The Hall–Kier alpha value is 0.659. The van der Waals surface area contributed by atoms with E-state index in [1.54, 1.807) is 4.46 Å². The molecule has 0 radical (unpaired) electrons. The molecular formula is C18H30IN2PSe. The number of rotatable bonds is 3. The number of nitrogens with zero attached hydrogens (tertiary/aromatic N) is 2. The van der Waals surface area contributed by atoms with E-state index in [-0.39, 0.29) is 24.0 Å². The van der Waals surface area contributed by atoms with Crippen LogP contribution in [0.25, 0.3) is 0 Å². The predicted octanol–water partition coefficient (Wildman–Crippen LogP) is 0.752.